The maximum absolute atomic E-state index is 12.6. The number of carbonyl (C=O) groups is 1. The lowest BCUT2D eigenvalue weighted by atomic mass is 10.1. The Balaban J connectivity index is 1.73. The Morgan fingerprint density at radius 2 is 2.00 bits per heavy atom. The number of hydrogen-bond acceptors (Lipinski definition) is 7. The molecule has 0 fully saturated rings. The van der Waals surface area contributed by atoms with E-state index in [1.54, 1.807) is 25.4 Å². The van der Waals surface area contributed by atoms with Gasteiger partial charge in [-0.1, -0.05) is 25.4 Å². The molecular weight excluding hydrogens is 438 g/mol. The zero-order chi connectivity index (χ0) is 21.2. The molecule has 0 saturated carbocycles. The first-order valence-corrected chi connectivity index (χ1v) is 11.3. The third-order valence-electron chi connectivity index (χ3n) is 4.05. The average Bonchev–Trinajstić information content (AvgIpc) is 3.13. The van der Waals surface area contributed by atoms with Crippen LogP contribution < -0.4 is 10.3 Å². The first kappa shape index (κ1) is 21.4. The molecule has 0 aliphatic carbocycles. The first-order chi connectivity index (χ1) is 13.7. The van der Waals surface area contributed by atoms with E-state index >= 15 is 0 Å². The minimum absolute atomic E-state index is 0.0156. The topological polar surface area (TPSA) is 107 Å². The van der Waals surface area contributed by atoms with Crippen LogP contribution in [0.2, 0.25) is 5.02 Å². The molecule has 0 radical (unpaired) electrons. The van der Waals surface area contributed by atoms with E-state index in [1.807, 2.05) is 0 Å². The molecule has 29 heavy (non-hydrogen) atoms. The number of sulfonamides is 1. The smallest absolute Gasteiger partial charge is 0.324 e. The molecule has 0 spiro atoms. The van der Waals surface area contributed by atoms with Crippen molar-refractivity contribution in [3.05, 3.63) is 63.0 Å². The fraction of sp³-hybridized carbons (Fsp3) is 0.278. The highest BCUT2D eigenvalue weighted by molar-refractivity contribution is 7.89. The van der Waals surface area contributed by atoms with Crippen LogP contribution in [0, 0.1) is 5.92 Å². The lowest BCUT2D eigenvalue weighted by molar-refractivity contribution is -0.148. The number of fused-ring (bicyclic) bond motifs is 1. The quantitative estimate of drug-likeness (QED) is 0.548. The summed E-state index contributed by atoms with van der Waals surface area (Å²) in [7, 11) is -3.95. The van der Waals surface area contributed by atoms with Crippen molar-refractivity contribution in [2.45, 2.75) is 31.4 Å². The predicted molar refractivity (Wildman–Crippen MR) is 110 cm³/mol. The van der Waals surface area contributed by atoms with Crippen LogP contribution in [-0.4, -0.2) is 29.8 Å². The fourth-order valence-corrected chi connectivity index (χ4v) is 4.70. The number of rotatable bonds is 7. The highest BCUT2D eigenvalue weighted by Gasteiger charge is 2.29. The van der Waals surface area contributed by atoms with Crippen molar-refractivity contribution in [2.75, 3.05) is 0 Å². The van der Waals surface area contributed by atoms with Gasteiger partial charge in [-0.25, -0.2) is 13.4 Å². The van der Waals surface area contributed by atoms with Crippen molar-refractivity contribution < 1.29 is 17.9 Å². The van der Waals surface area contributed by atoms with E-state index in [0.717, 1.165) is 0 Å². The van der Waals surface area contributed by atoms with E-state index in [0.29, 0.717) is 9.98 Å². The van der Waals surface area contributed by atoms with Crippen molar-refractivity contribution in [2.24, 2.45) is 5.92 Å². The molecule has 0 amide bonds. The molecule has 2 heterocycles. The van der Waals surface area contributed by atoms with Gasteiger partial charge < -0.3 is 4.74 Å². The van der Waals surface area contributed by atoms with Crippen molar-refractivity contribution in [3.8, 4) is 0 Å². The summed E-state index contributed by atoms with van der Waals surface area (Å²) in [6.07, 6.45) is 1.60. The molecule has 11 heteroatoms. The number of aromatic nitrogens is 2. The monoisotopic (exact) mass is 455 g/mol. The Labute approximate surface area is 176 Å². The summed E-state index contributed by atoms with van der Waals surface area (Å²) in [5.41, 5.74) is 0.0000132. The highest BCUT2D eigenvalue weighted by atomic mass is 35.5. The molecule has 0 saturated heterocycles. The molecule has 0 bridgehead atoms. The van der Waals surface area contributed by atoms with Gasteiger partial charge in [0.15, 0.2) is 4.96 Å². The van der Waals surface area contributed by atoms with Gasteiger partial charge in [0, 0.05) is 22.7 Å². The number of esters is 1. The minimum Gasteiger partial charge on any atom is -0.458 e. The number of halogens is 1. The summed E-state index contributed by atoms with van der Waals surface area (Å²) in [6, 6.07) is 5.76. The van der Waals surface area contributed by atoms with Crippen LogP contribution in [0.1, 0.15) is 19.5 Å². The summed E-state index contributed by atoms with van der Waals surface area (Å²) < 4.78 is 34.2. The Hall–Kier alpha value is -2.27. The number of thiazole rings is 1. The molecule has 1 atom stereocenters. The van der Waals surface area contributed by atoms with Crippen LogP contribution in [0.3, 0.4) is 0 Å². The van der Waals surface area contributed by atoms with Gasteiger partial charge in [-0.3, -0.25) is 14.0 Å². The third-order valence-corrected chi connectivity index (χ3v) is 6.51. The summed E-state index contributed by atoms with van der Waals surface area (Å²) >= 11 is 7.07. The Morgan fingerprint density at radius 3 is 2.66 bits per heavy atom. The number of nitrogens with one attached hydrogen (secondary N) is 1. The standard InChI is InChI=1S/C18H18ClN3O5S2/c1-11(2)16(21-29(25,26)14-5-3-12(19)4-6-14)17(24)27-10-13-9-15(23)22-7-8-28-18(22)20-13/h3-9,11,16,21H,10H2,1-2H3. The van der Waals surface area contributed by atoms with E-state index in [1.165, 1.54) is 46.1 Å². The molecule has 3 aromatic rings. The van der Waals surface area contributed by atoms with Gasteiger partial charge in [0.2, 0.25) is 10.0 Å². The third kappa shape index (κ3) is 5.02. The molecular formula is C18H18ClN3O5S2. The zero-order valence-electron chi connectivity index (χ0n) is 15.5. The number of carbonyl (C=O) groups excluding carboxylic acids is 1. The molecule has 1 N–H and O–H groups in total. The van der Waals surface area contributed by atoms with E-state index in [9.17, 15) is 18.0 Å². The van der Waals surface area contributed by atoms with Crippen molar-refractivity contribution >= 4 is 43.9 Å². The van der Waals surface area contributed by atoms with Gasteiger partial charge in [-0.2, -0.15) is 4.72 Å². The average molecular weight is 456 g/mol. The maximum atomic E-state index is 12.6. The van der Waals surface area contributed by atoms with Gasteiger partial charge in [0.1, 0.15) is 12.6 Å². The van der Waals surface area contributed by atoms with E-state index < -0.39 is 22.0 Å². The van der Waals surface area contributed by atoms with E-state index in [4.69, 9.17) is 16.3 Å². The van der Waals surface area contributed by atoms with Crippen LogP contribution in [-0.2, 0) is 26.2 Å². The molecule has 0 aliphatic heterocycles. The second-order valence-electron chi connectivity index (χ2n) is 6.55. The van der Waals surface area contributed by atoms with E-state index in [2.05, 4.69) is 9.71 Å². The van der Waals surface area contributed by atoms with Gasteiger partial charge >= 0.3 is 5.97 Å². The SMILES string of the molecule is CC(C)C(NS(=O)(=O)c1ccc(Cl)cc1)C(=O)OCc1cc(=O)n2ccsc2n1. The van der Waals surface area contributed by atoms with Crippen LogP contribution in [0.4, 0.5) is 0 Å². The number of hydrogen-bond donors (Lipinski definition) is 1. The molecule has 1 aromatic carbocycles. The number of nitrogens with zero attached hydrogens (tertiary/aromatic N) is 2. The second kappa shape index (κ2) is 8.62. The largest absolute Gasteiger partial charge is 0.458 e. The van der Waals surface area contributed by atoms with Gasteiger partial charge in [-0.05, 0) is 30.2 Å². The number of benzene rings is 1. The fourth-order valence-electron chi connectivity index (χ4n) is 2.50. The van der Waals surface area contributed by atoms with Gasteiger partial charge in [-0.15, -0.1) is 11.3 Å². The van der Waals surface area contributed by atoms with Gasteiger partial charge in [0.05, 0.1) is 10.6 Å². The molecule has 8 nitrogen and oxygen atoms in total. The summed E-state index contributed by atoms with van der Waals surface area (Å²) in [5, 5.41) is 2.12. The first-order valence-electron chi connectivity index (χ1n) is 8.58. The summed E-state index contributed by atoms with van der Waals surface area (Å²) in [6.45, 7) is 3.14. The minimum atomic E-state index is -3.95. The molecule has 1 unspecified atom stereocenters. The van der Waals surface area contributed by atoms with Crippen molar-refractivity contribution in [1.29, 1.82) is 0 Å². The van der Waals surface area contributed by atoms with Crippen LogP contribution in [0.25, 0.3) is 4.96 Å². The van der Waals surface area contributed by atoms with Crippen LogP contribution in [0.5, 0.6) is 0 Å². The molecule has 0 aliphatic rings. The zero-order valence-corrected chi connectivity index (χ0v) is 17.9. The maximum Gasteiger partial charge on any atom is 0.324 e. The second-order valence-corrected chi connectivity index (χ2v) is 9.57. The molecule has 3 rings (SSSR count). The predicted octanol–water partition coefficient (Wildman–Crippen LogP) is 2.46. The molecule has 2 aromatic heterocycles. The summed E-state index contributed by atoms with van der Waals surface area (Å²) in [4.78, 5) is 29.3. The Kier molecular flexibility index (Phi) is 6.37. The van der Waals surface area contributed by atoms with Crippen LogP contribution in [0.15, 0.2) is 51.6 Å². The van der Waals surface area contributed by atoms with E-state index in [-0.39, 0.29) is 28.7 Å². The van der Waals surface area contributed by atoms with Crippen LogP contribution >= 0.6 is 22.9 Å². The Bertz CT molecular complexity index is 1190. The van der Waals surface area contributed by atoms with Crippen molar-refractivity contribution in [3.63, 3.8) is 0 Å². The lowest BCUT2D eigenvalue weighted by Gasteiger charge is -2.20. The normalized spacial score (nSPS) is 13.0. The molecule has 154 valence electrons. The highest BCUT2D eigenvalue weighted by Crippen LogP contribution is 2.16. The lowest BCUT2D eigenvalue weighted by Crippen LogP contribution is -2.45. The summed E-state index contributed by atoms with van der Waals surface area (Å²) in [5.74, 6) is -1.13. The number of ether oxygens (including phenoxy) is 1. The van der Waals surface area contributed by atoms with Gasteiger partial charge in [0.25, 0.3) is 5.56 Å². The Morgan fingerprint density at radius 1 is 1.31 bits per heavy atom. The van der Waals surface area contributed by atoms with Crippen molar-refractivity contribution in [1.82, 2.24) is 14.1 Å².